The fourth-order valence-corrected chi connectivity index (χ4v) is 2.57. The van der Waals surface area contributed by atoms with Crippen molar-refractivity contribution in [3.63, 3.8) is 0 Å². The summed E-state index contributed by atoms with van der Waals surface area (Å²) in [6.07, 6.45) is 0. The van der Waals surface area contributed by atoms with E-state index in [0.29, 0.717) is 10.2 Å². The molecule has 0 aliphatic heterocycles. The van der Waals surface area contributed by atoms with Gasteiger partial charge in [0.15, 0.2) is 0 Å². The highest BCUT2D eigenvalue weighted by Gasteiger charge is 2.13. The topological polar surface area (TPSA) is 12.9 Å². The van der Waals surface area contributed by atoms with Crippen LogP contribution in [0.25, 0.3) is 22.2 Å². The first-order valence-electron chi connectivity index (χ1n) is 5.66. The van der Waals surface area contributed by atoms with Crippen LogP contribution in [0, 0.1) is 11.6 Å². The molecule has 3 aromatic rings. The molecule has 0 radical (unpaired) electrons. The molecule has 0 aliphatic rings. The van der Waals surface area contributed by atoms with Crippen molar-refractivity contribution in [1.29, 1.82) is 0 Å². The molecule has 0 atom stereocenters. The molecule has 0 fully saturated rings. The average molecular weight is 320 g/mol. The van der Waals surface area contributed by atoms with E-state index in [1.165, 1.54) is 0 Å². The summed E-state index contributed by atoms with van der Waals surface area (Å²) in [4.78, 5) is 4.22. The first-order valence-corrected chi connectivity index (χ1v) is 6.46. The molecule has 0 unspecified atom stereocenters. The van der Waals surface area contributed by atoms with E-state index in [2.05, 4.69) is 20.9 Å². The number of halogens is 3. The standard InChI is InChI=1S/C15H8BrF2N/c16-10-8-13(9-4-2-1-3-5-9)19-15-12(18)7-6-11(17)14(10)15/h1-8H. The second-order valence-electron chi connectivity index (χ2n) is 4.11. The van der Waals surface area contributed by atoms with Crippen LogP contribution in [0.3, 0.4) is 0 Å². The molecule has 2 aromatic carbocycles. The molecular formula is C15H8BrF2N. The van der Waals surface area contributed by atoms with E-state index in [-0.39, 0.29) is 10.9 Å². The zero-order chi connectivity index (χ0) is 13.4. The van der Waals surface area contributed by atoms with Gasteiger partial charge in [0.2, 0.25) is 0 Å². The first kappa shape index (κ1) is 12.2. The third-order valence-electron chi connectivity index (χ3n) is 2.88. The van der Waals surface area contributed by atoms with E-state index in [9.17, 15) is 8.78 Å². The van der Waals surface area contributed by atoms with Crippen molar-refractivity contribution in [3.05, 3.63) is 64.6 Å². The van der Waals surface area contributed by atoms with Gasteiger partial charge < -0.3 is 0 Å². The van der Waals surface area contributed by atoms with Gasteiger partial charge >= 0.3 is 0 Å². The zero-order valence-corrected chi connectivity index (χ0v) is 11.3. The predicted octanol–water partition coefficient (Wildman–Crippen LogP) is 4.94. The number of fused-ring (bicyclic) bond motifs is 1. The molecule has 94 valence electrons. The predicted molar refractivity (Wildman–Crippen MR) is 74.8 cm³/mol. The van der Waals surface area contributed by atoms with Gasteiger partial charge in [-0.25, -0.2) is 13.8 Å². The Morgan fingerprint density at radius 1 is 0.895 bits per heavy atom. The third-order valence-corrected chi connectivity index (χ3v) is 3.51. The molecule has 3 rings (SSSR count). The molecule has 0 N–H and O–H groups in total. The Labute approximate surface area is 117 Å². The number of rotatable bonds is 1. The lowest BCUT2D eigenvalue weighted by molar-refractivity contribution is 0.615. The lowest BCUT2D eigenvalue weighted by Gasteiger charge is -2.07. The smallest absolute Gasteiger partial charge is 0.149 e. The van der Waals surface area contributed by atoms with E-state index < -0.39 is 11.6 Å². The summed E-state index contributed by atoms with van der Waals surface area (Å²) in [7, 11) is 0. The van der Waals surface area contributed by atoms with Crippen LogP contribution in [0.15, 0.2) is 53.0 Å². The van der Waals surface area contributed by atoms with Crippen molar-refractivity contribution in [2.45, 2.75) is 0 Å². The van der Waals surface area contributed by atoms with Gasteiger partial charge in [0.25, 0.3) is 0 Å². The Balaban J connectivity index is 2.34. The molecular weight excluding hydrogens is 312 g/mol. The molecule has 1 aromatic heterocycles. The van der Waals surface area contributed by atoms with Crippen molar-refractivity contribution in [2.24, 2.45) is 0 Å². The number of nitrogens with zero attached hydrogens (tertiary/aromatic N) is 1. The van der Waals surface area contributed by atoms with Crippen LogP contribution in [0.1, 0.15) is 0 Å². The molecule has 0 amide bonds. The average Bonchev–Trinajstić information content (AvgIpc) is 2.43. The lowest BCUT2D eigenvalue weighted by atomic mass is 10.1. The molecule has 19 heavy (non-hydrogen) atoms. The Bertz CT molecular complexity index is 757. The Kier molecular flexibility index (Phi) is 3.03. The summed E-state index contributed by atoms with van der Waals surface area (Å²) in [5.41, 5.74) is 1.49. The Morgan fingerprint density at radius 2 is 1.58 bits per heavy atom. The molecule has 1 heterocycles. The van der Waals surface area contributed by atoms with Crippen molar-refractivity contribution in [2.75, 3.05) is 0 Å². The number of pyridine rings is 1. The Morgan fingerprint density at radius 3 is 2.32 bits per heavy atom. The number of hydrogen-bond acceptors (Lipinski definition) is 1. The third kappa shape index (κ3) is 2.12. The van der Waals surface area contributed by atoms with Gasteiger partial charge in [-0.15, -0.1) is 0 Å². The SMILES string of the molecule is Fc1ccc(F)c2c(Br)cc(-c3ccccc3)nc12. The molecule has 0 saturated heterocycles. The summed E-state index contributed by atoms with van der Waals surface area (Å²) < 4.78 is 28.0. The summed E-state index contributed by atoms with van der Waals surface area (Å²) in [6.45, 7) is 0. The van der Waals surface area contributed by atoms with Crippen LogP contribution in [0.5, 0.6) is 0 Å². The maximum absolute atomic E-state index is 13.8. The molecule has 4 heteroatoms. The summed E-state index contributed by atoms with van der Waals surface area (Å²) in [5, 5.41) is 0.166. The second-order valence-corrected chi connectivity index (χ2v) is 4.96. The highest BCUT2D eigenvalue weighted by Crippen LogP contribution is 2.31. The van der Waals surface area contributed by atoms with Gasteiger partial charge in [0, 0.05) is 10.0 Å². The van der Waals surface area contributed by atoms with E-state index >= 15 is 0 Å². The van der Waals surface area contributed by atoms with Gasteiger partial charge in [0.1, 0.15) is 17.2 Å². The zero-order valence-electron chi connectivity index (χ0n) is 9.70. The number of hydrogen-bond donors (Lipinski definition) is 0. The van der Waals surface area contributed by atoms with E-state index in [0.717, 1.165) is 17.7 Å². The van der Waals surface area contributed by atoms with Crippen molar-refractivity contribution in [1.82, 2.24) is 4.98 Å². The maximum atomic E-state index is 13.8. The molecule has 0 saturated carbocycles. The summed E-state index contributed by atoms with van der Waals surface area (Å²) in [5.74, 6) is -1.02. The fraction of sp³-hybridized carbons (Fsp3) is 0. The highest BCUT2D eigenvalue weighted by molar-refractivity contribution is 9.10. The molecule has 0 bridgehead atoms. The first-order chi connectivity index (χ1) is 9.16. The molecule has 1 nitrogen and oxygen atoms in total. The van der Waals surface area contributed by atoms with Crippen LogP contribution < -0.4 is 0 Å². The minimum absolute atomic E-state index is 0.0354. The fourth-order valence-electron chi connectivity index (χ4n) is 1.98. The monoisotopic (exact) mass is 319 g/mol. The van der Waals surface area contributed by atoms with Crippen LogP contribution in [0.2, 0.25) is 0 Å². The van der Waals surface area contributed by atoms with E-state index in [4.69, 9.17) is 0 Å². The minimum atomic E-state index is -0.533. The number of aromatic nitrogens is 1. The Hall–Kier alpha value is -1.81. The van der Waals surface area contributed by atoms with Crippen LogP contribution in [-0.4, -0.2) is 4.98 Å². The minimum Gasteiger partial charge on any atom is -0.245 e. The maximum Gasteiger partial charge on any atom is 0.149 e. The van der Waals surface area contributed by atoms with Crippen LogP contribution in [-0.2, 0) is 0 Å². The van der Waals surface area contributed by atoms with Gasteiger partial charge in [-0.1, -0.05) is 30.3 Å². The van der Waals surface area contributed by atoms with E-state index in [1.54, 1.807) is 6.07 Å². The van der Waals surface area contributed by atoms with Crippen LogP contribution in [0.4, 0.5) is 8.78 Å². The molecule has 0 spiro atoms. The van der Waals surface area contributed by atoms with Gasteiger partial charge in [-0.2, -0.15) is 0 Å². The lowest BCUT2D eigenvalue weighted by Crippen LogP contribution is -1.92. The van der Waals surface area contributed by atoms with Gasteiger partial charge in [-0.3, -0.25) is 0 Å². The summed E-state index contributed by atoms with van der Waals surface area (Å²) >= 11 is 3.28. The largest absolute Gasteiger partial charge is 0.245 e. The molecule has 0 aliphatic carbocycles. The van der Waals surface area contributed by atoms with Crippen molar-refractivity contribution < 1.29 is 8.78 Å². The van der Waals surface area contributed by atoms with Gasteiger partial charge in [0.05, 0.1) is 11.1 Å². The van der Waals surface area contributed by atoms with Crippen LogP contribution >= 0.6 is 15.9 Å². The normalized spacial score (nSPS) is 10.9. The second kappa shape index (κ2) is 4.70. The van der Waals surface area contributed by atoms with Crippen molar-refractivity contribution in [3.8, 4) is 11.3 Å². The number of benzene rings is 2. The van der Waals surface area contributed by atoms with E-state index in [1.807, 2.05) is 30.3 Å². The summed E-state index contributed by atoms with van der Waals surface area (Å²) in [6, 6.07) is 13.3. The highest BCUT2D eigenvalue weighted by atomic mass is 79.9. The van der Waals surface area contributed by atoms with Gasteiger partial charge in [-0.05, 0) is 34.1 Å². The van der Waals surface area contributed by atoms with Crippen molar-refractivity contribution >= 4 is 26.8 Å². The quantitative estimate of drug-likeness (QED) is 0.619.